The van der Waals surface area contributed by atoms with E-state index in [0.717, 1.165) is 5.56 Å². The van der Waals surface area contributed by atoms with Crippen LogP contribution in [-0.4, -0.2) is 18.6 Å². The molecule has 0 aliphatic carbocycles. The first-order valence-electron chi connectivity index (χ1n) is 5.19. The first-order chi connectivity index (χ1) is 7.54. The van der Waals surface area contributed by atoms with Gasteiger partial charge in [-0.25, -0.2) is 4.39 Å². The van der Waals surface area contributed by atoms with Crippen molar-refractivity contribution in [2.45, 2.75) is 25.9 Å². The fraction of sp³-hybridized carbons (Fsp3) is 0.417. The molecule has 4 heteroatoms. The Kier molecular flexibility index (Phi) is 4.43. The predicted molar refractivity (Wildman–Crippen MR) is 59.4 cm³/mol. The summed E-state index contributed by atoms with van der Waals surface area (Å²) in [6, 6.07) is 6.16. The Bertz CT molecular complexity index is 351. The van der Waals surface area contributed by atoms with Crippen molar-refractivity contribution in [3.8, 4) is 0 Å². The van der Waals surface area contributed by atoms with E-state index in [1.54, 1.807) is 19.1 Å². The summed E-state index contributed by atoms with van der Waals surface area (Å²) >= 11 is 0. The summed E-state index contributed by atoms with van der Waals surface area (Å²) in [6.45, 7) is 3.59. The van der Waals surface area contributed by atoms with Crippen molar-refractivity contribution >= 4 is 5.97 Å². The van der Waals surface area contributed by atoms with Crippen molar-refractivity contribution in [2.75, 3.05) is 6.54 Å². The number of rotatable bonds is 4. The van der Waals surface area contributed by atoms with Crippen LogP contribution in [0.3, 0.4) is 0 Å². The van der Waals surface area contributed by atoms with Gasteiger partial charge < -0.3 is 10.5 Å². The highest BCUT2D eigenvalue weighted by molar-refractivity contribution is 5.71. The number of carbonyl (C=O) groups is 1. The van der Waals surface area contributed by atoms with Crippen LogP contribution in [0, 0.1) is 5.82 Å². The van der Waals surface area contributed by atoms with E-state index < -0.39 is 5.97 Å². The quantitative estimate of drug-likeness (QED) is 0.795. The Morgan fingerprint density at radius 2 is 1.94 bits per heavy atom. The summed E-state index contributed by atoms with van der Waals surface area (Å²) < 4.78 is 17.8. The first-order valence-corrected chi connectivity index (χ1v) is 5.19. The largest absolute Gasteiger partial charge is 0.461 e. The Labute approximate surface area is 94.4 Å². The van der Waals surface area contributed by atoms with Crippen LogP contribution in [0.5, 0.6) is 0 Å². The summed E-state index contributed by atoms with van der Waals surface area (Å²) in [5.74, 6) is -0.694. The number of ether oxygens (including phenoxy) is 1. The number of benzene rings is 1. The van der Waals surface area contributed by atoms with Crippen LogP contribution in [0.2, 0.25) is 0 Å². The standard InChI is InChI=1S/C12H16FNO2/c1-8(9(2)16-12(15)7-14)10-3-5-11(13)6-4-10/h3-6,8-9H,7,14H2,1-2H3/t8-,9+/m0/s1. The maximum Gasteiger partial charge on any atom is 0.319 e. The number of carbonyl (C=O) groups excluding carboxylic acids is 1. The molecule has 1 aromatic rings. The van der Waals surface area contributed by atoms with Gasteiger partial charge in [-0.05, 0) is 24.6 Å². The average Bonchev–Trinajstić information content (AvgIpc) is 2.28. The summed E-state index contributed by atoms with van der Waals surface area (Å²) in [5.41, 5.74) is 6.08. The lowest BCUT2D eigenvalue weighted by atomic mass is 9.96. The van der Waals surface area contributed by atoms with E-state index >= 15 is 0 Å². The summed E-state index contributed by atoms with van der Waals surface area (Å²) in [5, 5.41) is 0. The third-order valence-corrected chi connectivity index (χ3v) is 2.58. The highest BCUT2D eigenvalue weighted by Gasteiger charge is 2.17. The van der Waals surface area contributed by atoms with Gasteiger partial charge in [-0.2, -0.15) is 0 Å². The minimum Gasteiger partial charge on any atom is -0.461 e. The van der Waals surface area contributed by atoms with E-state index in [9.17, 15) is 9.18 Å². The van der Waals surface area contributed by atoms with Crippen LogP contribution in [0.1, 0.15) is 25.3 Å². The SMILES string of the molecule is C[C@H](c1ccc(F)cc1)[C@@H](C)OC(=O)CN. The number of halogens is 1. The lowest BCUT2D eigenvalue weighted by Crippen LogP contribution is -2.25. The van der Waals surface area contributed by atoms with Gasteiger partial charge in [-0.3, -0.25) is 4.79 Å². The molecule has 2 atom stereocenters. The summed E-state index contributed by atoms with van der Waals surface area (Å²) in [7, 11) is 0. The van der Waals surface area contributed by atoms with E-state index in [0.29, 0.717) is 0 Å². The predicted octanol–water partition coefficient (Wildman–Crippen LogP) is 1.82. The van der Waals surface area contributed by atoms with Crippen molar-refractivity contribution < 1.29 is 13.9 Å². The summed E-state index contributed by atoms with van der Waals surface area (Å²) in [6.07, 6.45) is -0.276. The molecular formula is C12H16FNO2. The Morgan fingerprint density at radius 3 is 2.44 bits per heavy atom. The molecule has 0 unspecified atom stereocenters. The molecule has 0 spiro atoms. The Hall–Kier alpha value is -1.42. The third-order valence-electron chi connectivity index (χ3n) is 2.58. The molecule has 0 saturated carbocycles. The Balaban J connectivity index is 2.66. The molecule has 0 heterocycles. The molecule has 0 aromatic heterocycles. The van der Waals surface area contributed by atoms with Crippen molar-refractivity contribution in [3.05, 3.63) is 35.6 Å². The molecule has 88 valence electrons. The number of hydrogen-bond donors (Lipinski definition) is 1. The molecular weight excluding hydrogens is 209 g/mol. The van der Waals surface area contributed by atoms with E-state index in [4.69, 9.17) is 10.5 Å². The highest BCUT2D eigenvalue weighted by Crippen LogP contribution is 2.21. The second kappa shape index (κ2) is 5.61. The second-order valence-electron chi connectivity index (χ2n) is 3.74. The lowest BCUT2D eigenvalue weighted by Gasteiger charge is -2.20. The summed E-state index contributed by atoms with van der Waals surface area (Å²) in [4.78, 5) is 11.0. The lowest BCUT2D eigenvalue weighted by molar-refractivity contribution is -0.147. The van der Waals surface area contributed by atoms with Gasteiger partial charge in [0.2, 0.25) is 0 Å². The normalized spacial score (nSPS) is 14.2. The van der Waals surface area contributed by atoms with E-state index in [-0.39, 0.29) is 24.4 Å². The molecule has 0 aliphatic heterocycles. The van der Waals surface area contributed by atoms with Crippen molar-refractivity contribution in [3.63, 3.8) is 0 Å². The van der Waals surface area contributed by atoms with Gasteiger partial charge in [-0.1, -0.05) is 19.1 Å². The maximum atomic E-state index is 12.7. The van der Waals surface area contributed by atoms with Gasteiger partial charge >= 0.3 is 5.97 Å². The van der Waals surface area contributed by atoms with Crippen LogP contribution >= 0.6 is 0 Å². The maximum absolute atomic E-state index is 12.7. The molecule has 0 amide bonds. The van der Waals surface area contributed by atoms with Crippen molar-refractivity contribution in [1.29, 1.82) is 0 Å². The minimum atomic E-state index is -0.429. The minimum absolute atomic E-state index is 0.0103. The van der Waals surface area contributed by atoms with E-state index in [2.05, 4.69) is 0 Å². The van der Waals surface area contributed by atoms with Gasteiger partial charge in [0.15, 0.2) is 0 Å². The van der Waals surface area contributed by atoms with Crippen LogP contribution in [-0.2, 0) is 9.53 Å². The molecule has 1 rings (SSSR count). The van der Waals surface area contributed by atoms with Crippen molar-refractivity contribution in [2.24, 2.45) is 5.73 Å². The smallest absolute Gasteiger partial charge is 0.319 e. The van der Waals surface area contributed by atoms with Crippen LogP contribution < -0.4 is 5.73 Å². The first kappa shape index (κ1) is 12.6. The topological polar surface area (TPSA) is 52.3 Å². The van der Waals surface area contributed by atoms with Crippen LogP contribution in [0.4, 0.5) is 4.39 Å². The fourth-order valence-corrected chi connectivity index (χ4v) is 1.39. The number of esters is 1. The van der Waals surface area contributed by atoms with Crippen LogP contribution in [0.25, 0.3) is 0 Å². The molecule has 2 N–H and O–H groups in total. The number of nitrogens with two attached hydrogens (primary N) is 1. The third kappa shape index (κ3) is 3.31. The Morgan fingerprint density at radius 1 is 1.38 bits per heavy atom. The molecule has 1 aromatic carbocycles. The molecule has 3 nitrogen and oxygen atoms in total. The molecule has 0 bridgehead atoms. The fourth-order valence-electron chi connectivity index (χ4n) is 1.39. The molecule has 16 heavy (non-hydrogen) atoms. The van der Waals surface area contributed by atoms with Gasteiger partial charge in [-0.15, -0.1) is 0 Å². The van der Waals surface area contributed by atoms with Crippen molar-refractivity contribution in [1.82, 2.24) is 0 Å². The van der Waals surface area contributed by atoms with Gasteiger partial charge in [0.1, 0.15) is 11.9 Å². The van der Waals surface area contributed by atoms with Crippen LogP contribution in [0.15, 0.2) is 24.3 Å². The molecule has 0 saturated heterocycles. The second-order valence-corrected chi connectivity index (χ2v) is 3.74. The zero-order chi connectivity index (χ0) is 12.1. The van der Waals surface area contributed by atoms with Gasteiger partial charge in [0.25, 0.3) is 0 Å². The monoisotopic (exact) mass is 225 g/mol. The average molecular weight is 225 g/mol. The number of hydrogen-bond acceptors (Lipinski definition) is 3. The van der Waals surface area contributed by atoms with E-state index in [1.165, 1.54) is 12.1 Å². The van der Waals surface area contributed by atoms with Gasteiger partial charge in [0.05, 0.1) is 6.54 Å². The van der Waals surface area contributed by atoms with E-state index in [1.807, 2.05) is 6.92 Å². The molecule has 0 fully saturated rings. The zero-order valence-corrected chi connectivity index (χ0v) is 9.44. The van der Waals surface area contributed by atoms with Gasteiger partial charge in [0, 0.05) is 5.92 Å². The molecule has 0 radical (unpaired) electrons. The zero-order valence-electron chi connectivity index (χ0n) is 9.44. The molecule has 0 aliphatic rings. The highest BCUT2D eigenvalue weighted by atomic mass is 19.1.